The van der Waals surface area contributed by atoms with Crippen LogP contribution < -0.4 is 0 Å². The Balaban J connectivity index is 2.74. The molecule has 0 amide bonds. The summed E-state index contributed by atoms with van der Waals surface area (Å²) >= 11 is 3.15. The maximum atomic E-state index is 13.3. The van der Waals surface area contributed by atoms with Crippen LogP contribution in [0.2, 0.25) is 0 Å². The molecule has 0 saturated heterocycles. The number of carbonyl (C=O) groups is 1. The van der Waals surface area contributed by atoms with Crippen LogP contribution in [0.3, 0.4) is 0 Å². The Morgan fingerprint density at radius 3 is 2.47 bits per heavy atom. The molecule has 0 aliphatic rings. The van der Waals surface area contributed by atoms with Crippen molar-refractivity contribution in [1.82, 2.24) is 0 Å². The van der Waals surface area contributed by atoms with E-state index in [1.165, 1.54) is 7.11 Å². The molecule has 1 atom stereocenters. The van der Waals surface area contributed by atoms with Gasteiger partial charge in [-0.25, -0.2) is 13.2 Å². The topological polar surface area (TPSA) is 26.3 Å². The first-order valence-corrected chi connectivity index (χ1v) is 5.70. The fraction of sp³-hybridized carbons (Fsp3) is 0.364. The van der Waals surface area contributed by atoms with E-state index in [-0.39, 0.29) is 18.4 Å². The normalized spacial score (nSPS) is 12.3. The summed E-state index contributed by atoms with van der Waals surface area (Å²) in [6.45, 7) is 0. The number of rotatable bonds is 4. The third-order valence-electron chi connectivity index (χ3n) is 2.15. The van der Waals surface area contributed by atoms with E-state index in [9.17, 15) is 18.0 Å². The summed E-state index contributed by atoms with van der Waals surface area (Å²) in [5.41, 5.74) is 0.00896. The van der Waals surface area contributed by atoms with Gasteiger partial charge < -0.3 is 4.74 Å². The van der Waals surface area contributed by atoms with E-state index in [1.54, 1.807) is 0 Å². The first-order chi connectivity index (χ1) is 7.93. The van der Waals surface area contributed by atoms with Gasteiger partial charge in [0.05, 0.1) is 13.5 Å². The quantitative estimate of drug-likeness (QED) is 0.485. The zero-order chi connectivity index (χ0) is 13.0. The Morgan fingerprint density at radius 1 is 1.29 bits per heavy atom. The average Bonchev–Trinajstić information content (AvgIpc) is 2.25. The Bertz CT molecular complexity index is 423. The minimum absolute atomic E-state index is 0.00896. The molecule has 6 heteroatoms. The van der Waals surface area contributed by atoms with Gasteiger partial charge in [0.15, 0.2) is 11.6 Å². The second-order valence-corrected chi connectivity index (χ2v) is 4.73. The first-order valence-electron chi connectivity index (χ1n) is 4.78. The number of methoxy groups -OCH3 is 1. The van der Waals surface area contributed by atoms with Crippen LogP contribution >= 0.6 is 15.9 Å². The summed E-state index contributed by atoms with van der Waals surface area (Å²) in [6.07, 6.45) is 0.0903. The number of alkyl halides is 1. The molecule has 1 rings (SSSR count). The van der Waals surface area contributed by atoms with Gasteiger partial charge in [-0.15, -0.1) is 0 Å². The number of hydrogen-bond donors (Lipinski definition) is 0. The highest BCUT2D eigenvalue weighted by molar-refractivity contribution is 9.09. The van der Waals surface area contributed by atoms with Crippen molar-refractivity contribution in [2.24, 2.45) is 0 Å². The molecule has 0 aliphatic carbocycles. The molecule has 0 aromatic heterocycles. The molecule has 94 valence electrons. The van der Waals surface area contributed by atoms with Gasteiger partial charge in [-0.2, -0.15) is 0 Å². The fourth-order valence-corrected chi connectivity index (χ4v) is 1.91. The number of carbonyl (C=O) groups excluding carboxylic acids is 1. The van der Waals surface area contributed by atoms with Gasteiger partial charge in [0.25, 0.3) is 0 Å². The van der Waals surface area contributed by atoms with Crippen molar-refractivity contribution in [1.29, 1.82) is 0 Å². The molecule has 1 aromatic rings. The van der Waals surface area contributed by atoms with Crippen molar-refractivity contribution >= 4 is 21.9 Å². The van der Waals surface area contributed by atoms with Crippen molar-refractivity contribution < 1.29 is 22.7 Å². The lowest BCUT2D eigenvalue weighted by atomic mass is 10.1. The van der Waals surface area contributed by atoms with Gasteiger partial charge in [-0.05, 0) is 18.1 Å². The Labute approximate surface area is 105 Å². The molecule has 0 saturated carbocycles. The third kappa shape index (κ3) is 4.03. The summed E-state index contributed by atoms with van der Waals surface area (Å²) < 4.78 is 43.3. The Hall–Kier alpha value is -1.04. The molecule has 2 nitrogen and oxygen atoms in total. The van der Waals surface area contributed by atoms with E-state index in [4.69, 9.17) is 0 Å². The highest BCUT2D eigenvalue weighted by Crippen LogP contribution is 2.19. The molecule has 17 heavy (non-hydrogen) atoms. The first kappa shape index (κ1) is 14.0. The molecule has 0 aliphatic heterocycles. The standard InChI is InChI=1S/C11H10BrF3O2/c1-17-11(16)4-7(12)2-6-3-9(14)10(15)5-8(6)13/h3,5,7H,2,4H2,1H3/t7-/m1/s1. The van der Waals surface area contributed by atoms with Crippen molar-refractivity contribution in [2.45, 2.75) is 17.7 Å². The summed E-state index contributed by atoms with van der Waals surface area (Å²) in [4.78, 5) is 10.5. The lowest BCUT2D eigenvalue weighted by Gasteiger charge is -2.09. The summed E-state index contributed by atoms with van der Waals surface area (Å²) in [5, 5.41) is 0. The van der Waals surface area contributed by atoms with Gasteiger partial charge in [0.1, 0.15) is 5.82 Å². The number of benzene rings is 1. The smallest absolute Gasteiger partial charge is 0.306 e. The molecule has 1 aromatic carbocycles. The zero-order valence-electron chi connectivity index (χ0n) is 8.97. The average molecular weight is 311 g/mol. The Kier molecular flexibility index (Phi) is 4.99. The fourth-order valence-electron chi connectivity index (χ4n) is 1.30. The van der Waals surface area contributed by atoms with Crippen LogP contribution in [-0.4, -0.2) is 17.9 Å². The molecule has 0 spiro atoms. The molecule has 0 bridgehead atoms. The molecular weight excluding hydrogens is 301 g/mol. The molecule has 0 N–H and O–H groups in total. The van der Waals surface area contributed by atoms with E-state index < -0.39 is 28.2 Å². The second-order valence-electron chi connectivity index (χ2n) is 3.44. The molecule has 0 heterocycles. The molecular formula is C11H10BrF3O2. The van der Waals surface area contributed by atoms with Crippen LogP contribution in [0.4, 0.5) is 13.2 Å². The van der Waals surface area contributed by atoms with E-state index in [0.29, 0.717) is 6.07 Å². The highest BCUT2D eigenvalue weighted by Gasteiger charge is 2.16. The lowest BCUT2D eigenvalue weighted by molar-refractivity contribution is -0.140. The van der Waals surface area contributed by atoms with Crippen molar-refractivity contribution in [3.8, 4) is 0 Å². The minimum Gasteiger partial charge on any atom is -0.469 e. The van der Waals surface area contributed by atoms with Crippen molar-refractivity contribution in [3.05, 3.63) is 35.1 Å². The summed E-state index contributed by atoms with van der Waals surface area (Å²) in [6, 6.07) is 1.28. The van der Waals surface area contributed by atoms with Crippen LogP contribution in [0.5, 0.6) is 0 Å². The lowest BCUT2D eigenvalue weighted by Crippen LogP contribution is -2.12. The molecule has 0 unspecified atom stereocenters. The van der Waals surface area contributed by atoms with Crippen molar-refractivity contribution in [2.75, 3.05) is 7.11 Å². The van der Waals surface area contributed by atoms with Crippen LogP contribution in [0, 0.1) is 17.5 Å². The summed E-state index contributed by atoms with van der Waals surface area (Å²) in [7, 11) is 1.24. The predicted octanol–water partition coefficient (Wildman–Crippen LogP) is 2.97. The van der Waals surface area contributed by atoms with Gasteiger partial charge in [0, 0.05) is 10.9 Å². The number of esters is 1. The SMILES string of the molecule is COC(=O)C[C@H](Br)Cc1cc(F)c(F)cc1F. The van der Waals surface area contributed by atoms with E-state index in [1.807, 2.05) is 0 Å². The number of hydrogen-bond acceptors (Lipinski definition) is 2. The number of ether oxygens (including phenoxy) is 1. The summed E-state index contributed by atoms with van der Waals surface area (Å²) in [5.74, 6) is -3.64. The van der Waals surface area contributed by atoms with Crippen LogP contribution in [0.15, 0.2) is 12.1 Å². The zero-order valence-corrected chi connectivity index (χ0v) is 10.6. The number of halogens is 4. The maximum absolute atomic E-state index is 13.3. The minimum atomic E-state index is -1.23. The van der Waals surface area contributed by atoms with Gasteiger partial charge in [0.2, 0.25) is 0 Å². The van der Waals surface area contributed by atoms with Crippen LogP contribution in [0.1, 0.15) is 12.0 Å². The van der Waals surface area contributed by atoms with Crippen molar-refractivity contribution in [3.63, 3.8) is 0 Å². The van der Waals surface area contributed by atoms with E-state index in [2.05, 4.69) is 20.7 Å². The monoisotopic (exact) mass is 310 g/mol. The van der Waals surface area contributed by atoms with Crippen LogP contribution in [0.25, 0.3) is 0 Å². The predicted molar refractivity (Wildman–Crippen MR) is 59.4 cm³/mol. The van der Waals surface area contributed by atoms with E-state index in [0.717, 1.165) is 6.07 Å². The maximum Gasteiger partial charge on any atom is 0.306 e. The Morgan fingerprint density at radius 2 is 1.88 bits per heavy atom. The largest absolute Gasteiger partial charge is 0.469 e. The molecule has 0 fully saturated rings. The van der Waals surface area contributed by atoms with E-state index >= 15 is 0 Å². The second kappa shape index (κ2) is 6.05. The van der Waals surface area contributed by atoms with Gasteiger partial charge in [-0.1, -0.05) is 15.9 Å². The molecule has 0 radical (unpaired) electrons. The van der Waals surface area contributed by atoms with Crippen LogP contribution in [-0.2, 0) is 16.0 Å². The third-order valence-corrected chi connectivity index (χ3v) is 2.79. The highest BCUT2D eigenvalue weighted by atomic mass is 79.9. The van der Waals surface area contributed by atoms with Gasteiger partial charge >= 0.3 is 5.97 Å². The van der Waals surface area contributed by atoms with Gasteiger partial charge in [-0.3, -0.25) is 4.79 Å².